The third-order valence-electron chi connectivity index (χ3n) is 23.2. The van der Waals surface area contributed by atoms with E-state index in [2.05, 4.69) is 235 Å². The summed E-state index contributed by atoms with van der Waals surface area (Å²) >= 11 is 0. The second kappa shape index (κ2) is 22.6. The molecule has 0 saturated heterocycles. The molecule has 0 aliphatic heterocycles. The van der Waals surface area contributed by atoms with Crippen LogP contribution < -0.4 is 0 Å². The van der Waals surface area contributed by atoms with E-state index in [4.69, 9.17) is 0 Å². The van der Waals surface area contributed by atoms with Gasteiger partial charge in [0.2, 0.25) is 0 Å². The van der Waals surface area contributed by atoms with E-state index < -0.39 is 0 Å². The molecule has 0 saturated carbocycles. The molecule has 8 aromatic carbocycles. The largest absolute Gasteiger partial charge is 0.0654 e. The van der Waals surface area contributed by atoms with Crippen LogP contribution in [-0.2, 0) is 21.7 Å². The molecule has 83 heavy (non-hydrogen) atoms. The summed E-state index contributed by atoms with van der Waals surface area (Å²) in [4.78, 5) is 0. The van der Waals surface area contributed by atoms with Crippen molar-refractivity contribution in [3.8, 4) is 77.9 Å². The molecule has 0 spiro atoms. The van der Waals surface area contributed by atoms with Gasteiger partial charge in [-0.2, -0.15) is 0 Å². The molecule has 0 heterocycles. The van der Waals surface area contributed by atoms with Crippen LogP contribution in [0.15, 0.2) is 152 Å². The van der Waals surface area contributed by atoms with Crippen molar-refractivity contribution in [1.29, 1.82) is 0 Å². The predicted molar refractivity (Wildman–Crippen MR) is 359 cm³/mol. The van der Waals surface area contributed by atoms with E-state index in [-0.39, 0.29) is 21.7 Å². The third kappa shape index (κ3) is 9.11. The zero-order valence-electron chi connectivity index (χ0n) is 53.0. The average Bonchev–Trinajstić information content (AvgIpc) is 2.55. The normalized spacial score (nSPS) is 21.3. The van der Waals surface area contributed by atoms with Crippen LogP contribution in [0, 0.1) is 24.7 Å². The van der Waals surface area contributed by atoms with Crippen LogP contribution >= 0.6 is 0 Å². The zero-order chi connectivity index (χ0) is 58.0. The van der Waals surface area contributed by atoms with Gasteiger partial charge in [-0.05, 0) is 254 Å². The summed E-state index contributed by atoms with van der Waals surface area (Å²) < 4.78 is 0. The summed E-state index contributed by atoms with van der Waals surface area (Å²) in [6.45, 7) is 29.0. The van der Waals surface area contributed by atoms with Crippen LogP contribution in [0.4, 0.5) is 0 Å². The summed E-state index contributed by atoms with van der Waals surface area (Å²) in [6, 6.07) is 62.1. The summed E-state index contributed by atoms with van der Waals surface area (Å²) in [5.74, 6) is 2.06. The summed E-state index contributed by atoms with van der Waals surface area (Å²) in [5.41, 5.74) is 33.3. The van der Waals surface area contributed by atoms with Gasteiger partial charge in [0.15, 0.2) is 0 Å². The third-order valence-corrected chi connectivity index (χ3v) is 23.2. The van der Waals surface area contributed by atoms with Crippen LogP contribution in [0.25, 0.3) is 77.9 Å². The molecule has 0 bridgehead atoms. The number of benzene rings is 8. The van der Waals surface area contributed by atoms with Crippen molar-refractivity contribution in [3.05, 3.63) is 202 Å². The van der Waals surface area contributed by atoms with Crippen molar-refractivity contribution in [2.75, 3.05) is 0 Å². The highest BCUT2D eigenvalue weighted by Crippen LogP contribution is 2.60. The maximum absolute atomic E-state index is 2.66. The first-order valence-corrected chi connectivity index (χ1v) is 33.4. The van der Waals surface area contributed by atoms with Crippen molar-refractivity contribution in [3.63, 3.8) is 0 Å². The maximum atomic E-state index is 2.66. The Morgan fingerprint density at radius 2 is 0.554 bits per heavy atom. The first-order chi connectivity index (χ1) is 40.3. The first-order valence-electron chi connectivity index (χ1n) is 33.4. The Hall–Kier alpha value is -6.24. The van der Waals surface area contributed by atoms with Crippen molar-refractivity contribution in [2.45, 2.75) is 207 Å². The second-order valence-corrected chi connectivity index (χ2v) is 27.2. The van der Waals surface area contributed by atoms with Gasteiger partial charge in [0.1, 0.15) is 0 Å². The Morgan fingerprint density at radius 1 is 0.289 bits per heavy atom. The number of hydrogen-bond donors (Lipinski definition) is 0. The average molecular weight is 1090 g/mol. The Kier molecular flexibility index (Phi) is 15.6. The van der Waals surface area contributed by atoms with Gasteiger partial charge < -0.3 is 0 Å². The summed E-state index contributed by atoms with van der Waals surface area (Å²) in [5, 5.41) is 0. The number of fused-ring (bicyclic) bond motifs is 12. The highest BCUT2D eigenvalue weighted by Gasteiger charge is 2.47. The van der Waals surface area contributed by atoms with Crippen molar-refractivity contribution in [1.82, 2.24) is 0 Å². The van der Waals surface area contributed by atoms with Gasteiger partial charge in [-0.25, -0.2) is 0 Å². The zero-order valence-corrected chi connectivity index (χ0v) is 53.0. The van der Waals surface area contributed by atoms with Crippen molar-refractivity contribution >= 4 is 0 Å². The van der Waals surface area contributed by atoms with Gasteiger partial charge in [-0.1, -0.05) is 229 Å². The predicted octanol–water partition coefficient (Wildman–Crippen LogP) is 24.4. The van der Waals surface area contributed by atoms with E-state index in [1.54, 1.807) is 16.7 Å². The number of rotatable bonds is 22. The van der Waals surface area contributed by atoms with Gasteiger partial charge in [0, 0.05) is 21.7 Å². The first kappa shape index (κ1) is 57.2. The fourth-order valence-electron chi connectivity index (χ4n) is 17.0. The van der Waals surface area contributed by atoms with E-state index in [1.807, 2.05) is 0 Å². The van der Waals surface area contributed by atoms with Crippen LogP contribution in [0.1, 0.15) is 229 Å². The highest BCUT2D eigenvalue weighted by atomic mass is 14.5. The van der Waals surface area contributed by atoms with Crippen molar-refractivity contribution in [2.24, 2.45) is 17.8 Å². The minimum absolute atomic E-state index is 0.0401. The van der Waals surface area contributed by atoms with Crippen LogP contribution in [0.3, 0.4) is 0 Å². The van der Waals surface area contributed by atoms with Gasteiger partial charge in [0.05, 0.1) is 0 Å². The summed E-state index contributed by atoms with van der Waals surface area (Å²) in [6.07, 6.45) is 18.9. The Morgan fingerprint density at radius 3 is 0.855 bits per heavy atom. The molecule has 0 amide bonds. The van der Waals surface area contributed by atoms with E-state index in [0.29, 0.717) is 11.8 Å². The summed E-state index contributed by atoms with van der Waals surface area (Å²) in [7, 11) is 0. The van der Waals surface area contributed by atoms with E-state index in [0.717, 1.165) is 44.4 Å². The lowest BCUT2D eigenvalue weighted by Gasteiger charge is -2.33. The maximum Gasteiger partial charge on any atom is 0.0213 e. The molecular formula is C83H96. The topological polar surface area (TPSA) is 0 Å². The quantitative estimate of drug-likeness (QED) is 0.0634. The minimum Gasteiger partial charge on any atom is -0.0654 e. The molecule has 4 aliphatic rings. The van der Waals surface area contributed by atoms with E-state index >= 15 is 0 Å². The molecule has 0 N–H and O–H groups in total. The fraction of sp³-hybridized carbons (Fsp3) is 0.422. The molecular weight excluding hydrogens is 997 g/mol. The molecule has 0 nitrogen and oxygen atoms in total. The Bertz CT molecular complexity index is 3730. The lowest BCUT2D eigenvalue weighted by Crippen LogP contribution is -2.26. The Labute approximate surface area is 502 Å². The van der Waals surface area contributed by atoms with Gasteiger partial charge in [-0.15, -0.1) is 0 Å². The second-order valence-electron chi connectivity index (χ2n) is 27.2. The lowest BCUT2D eigenvalue weighted by atomic mass is 9.69. The molecule has 0 fully saturated rings. The number of hydrogen-bond acceptors (Lipinski definition) is 0. The molecule has 12 rings (SSSR count). The van der Waals surface area contributed by atoms with Gasteiger partial charge in [0.25, 0.3) is 0 Å². The molecule has 7 atom stereocenters. The highest BCUT2D eigenvalue weighted by molar-refractivity contribution is 5.91. The molecule has 4 aliphatic carbocycles. The molecule has 0 heteroatoms. The van der Waals surface area contributed by atoms with E-state index in [9.17, 15) is 0 Å². The molecule has 0 radical (unpaired) electrons. The monoisotopic (exact) mass is 1090 g/mol. The van der Waals surface area contributed by atoms with Crippen LogP contribution in [0.5, 0.6) is 0 Å². The SMILES string of the molecule is CCCCC1(CC)c2cc(C)ccc2-c2ccc(-c3ccc4c(c3)C(CC)(CCC(C)CC)c3cc(-c5ccc6c(c5)C(CC)(CCC(C)CC)c5cc(-c7ccc8c(c7)C(CC)(CCC(C)CC)c7ccccc7-8)ccc5-6)ccc3-4)cc21. The smallest absolute Gasteiger partial charge is 0.0213 e. The lowest BCUT2D eigenvalue weighted by molar-refractivity contribution is 0.389. The minimum atomic E-state index is -0.0739. The number of unbranched alkanes of at least 4 members (excludes halogenated alkanes) is 1. The standard InChI is InChI=1S/C83H96/c1-13-21-43-80(17-5)73-47-57(12)26-33-65(73)67-35-28-58(48-74(67)80)60-29-36-68-70-38-31-62(52-78(70)82(19-7,76(68)50-60)45-41-55(10)15-3)63-32-39-71-69-37-30-61(51-77(69)83(20-8,79(71)53-63)46-42-56(11)16-4)59-27-34-66-64-24-22-23-25-72(64)81(18-6,75(66)49-59)44-40-54(9)14-2/h22-39,47-56H,13-21,40-46H2,1-12H3. The molecule has 0 aromatic heterocycles. The van der Waals surface area contributed by atoms with Crippen molar-refractivity contribution < 1.29 is 0 Å². The van der Waals surface area contributed by atoms with Gasteiger partial charge >= 0.3 is 0 Å². The molecule has 7 unspecified atom stereocenters. The van der Waals surface area contributed by atoms with Crippen LogP contribution in [0.2, 0.25) is 0 Å². The molecule has 428 valence electrons. The Balaban J connectivity index is 0.934. The van der Waals surface area contributed by atoms with Crippen LogP contribution in [-0.4, -0.2) is 0 Å². The van der Waals surface area contributed by atoms with E-state index in [1.165, 1.54) is 175 Å². The number of aryl methyl sites for hydroxylation is 1. The van der Waals surface area contributed by atoms with Gasteiger partial charge in [-0.3, -0.25) is 0 Å². The fourth-order valence-corrected chi connectivity index (χ4v) is 17.0. The molecule has 8 aromatic rings.